The first-order valence-corrected chi connectivity index (χ1v) is 4.06. The summed E-state index contributed by atoms with van der Waals surface area (Å²) in [6.45, 7) is 7.86. The Morgan fingerprint density at radius 3 is 2.30 bits per heavy atom. The van der Waals surface area contributed by atoms with Crippen molar-refractivity contribution in [3.8, 4) is 0 Å². The maximum absolute atomic E-state index is 12.1. The summed E-state index contributed by atoms with van der Waals surface area (Å²) < 4.78 is 12.1. The van der Waals surface area contributed by atoms with E-state index in [2.05, 4.69) is 18.7 Å². The molecular weight excluding hydrogens is 129 g/mol. The fourth-order valence-corrected chi connectivity index (χ4v) is 1.07. The van der Waals surface area contributed by atoms with Crippen LogP contribution in [0.3, 0.4) is 0 Å². The maximum Gasteiger partial charge on any atom is 0.105 e. The second kappa shape index (κ2) is 5.66. The Morgan fingerprint density at radius 2 is 2.00 bits per heavy atom. The van der Waals surface area contributed by atoms with Gasteiger partial charge in [-0.05, 0) is 26.4 Å². The van der Waals surface area contributed by atoms with Crippen LogP contribution in [0.15, 0.2) is 0 Å². The van der Waals surface area contributed by atoms with Crippen LogP contribution in [-0.4, -0.2) is 30.7 Å². The van der Waals surface area contributed by atoms with Crippen molar-refractivity contribution in [2.45, 2.75) is 33.2 Å². The van der Waals surface area contributed by atoms with E-state index in [1.165, 1.54) is 0 Å². The molecule has 0 spiro atoms. The van der Waals surface area contributed by atoms with Crippen LogP contribution in [0.5, 0.6) is 0 Å². The fraction of sp³-hybridized carbons (Fsp3) is 1.00. The molecule has 0 N–H and O–H groups in total. The van der Waals surface area contributed by atoms with Gasteiger partial charge in [0.1, 0.15) is 6.67 Å². The van der Waals surface area contributed by atoms with E-state index in [1.54, 1.807) is 0 Å². The molecular formula is C8H18FN. The normalized spacial score (nSPS) is 14.1. The van der Waals surface area contributed by atoms with E-state index in [0.717, 1.165) is 19.5 Å². The summed E-state index contributed by atoms with van der Waals surface area (Å²) in [7, 11) is 0. The summed E-state index contributed by atoms with van der Waals surface area (Å²) in [4.78, 5) is 2.15. The molecule has 0 aliphatic rings. The quantitative estimate of drug-likeness (QED) is 0.575. The van der Waals surface area contributed by atoms with E-state index in [4.69, 9.17) is 0 Å². The predicted octanol–water partition coefficient (Wildman–Crippen LogP) is 2.08. The minimum atomic E-state index is -0.228. The molecule has 0 amide bonds. The Balaban J connectivity index is 3.56. The van der Waals surface area contributed by atoms with E-state index in [9.17, 15) is 4.39 Å². The van der Waals surface area contributed by atoms with Gasteiger partial charge in [-0.25, -0.2) is 4.39 Å². The van der Waals surface area contributed by atoms with Crippen LogP contribution in [0.1, 0.15) is 27.2 Å². The van der Waals surface area contributed by atoms with Crippen LogP contribution in [0.4, 0.5) is 4.39 Å². The number of nitrogens with zero attached hydrogens (tertiary/aromatic N) is 1. The molecule has 62 valence electrons. The highest BCUT2D eigenvalue weighted by molar-refractivity contribution is 4.63. The monoisotopic (exact) mass is 147 g/mol. The average molecular weight is 147 g/mol. The Kier molecular flexibility index (Phi) is 5.60. The molecule has 0 saturated carbocycles. The lowest BCUT2D eigenvalue weighted by atomic mass is 10.3. The van der Waals surface area contributed by atoms with E-state index in [0.29, 0.717) is 0 Å². The molecule has 0 aliphatic carbocycles. The summed E-state index contributed by atoms with van der Waals surface area (Å²) in [6, 6.07) is 0.102. The van der Waals surface area contributed by atoms with E-state index >= 15 is 0 Å². The average Bonchev–Trinajstić information content (AvgIpc) is 1.99. The van der Waals surface area contributed by atoms with Crippen molar-refractivity contribution in [3.05, 3.63) is 0 Å². The number of alkyl halides is 1. The highest BCUT2D eigenvalue weighted by Crippen LogP contribution is 1.99. The molecule has 0 bridgehead atoms. The van der Waals surface area contributed by atoms with Crippen LogP contribution >= 0.6 is 0 Å². The summed E-state index contributed by atoms with van der Waals surface area (Å²) in [5, 5.41) is 0. The highest BCUT2D eigenvalue weighted by atomic mass is 19.1. The standard InChI is InChI=1S/C8H18FN/c1-4-6-10(5-2)8(3)7-9/h8H,4-7H2,1-3H3. The zero-order valence-corrected chi connectivity index (χ0v) is 7.23. The van der Waals surface area contributed by atoms with Crippen LogP contribution < -0.4 is 0 Å². The Morgan fingerprint density at radius 1 is 1.40 bits per heavy atom. The minimum Gasteiger partial charge on any atom is -0.298 e. The van der Waals surface area contributed by atoms with Gasteiger partial charge >= 0.3 is 0 Å². The van der Waals surface area contributed by atoms with Gasteiger partial charge in [-0.2, -0.15) is 0 Å². The van der Waals surface area contributed by atoms with Crippen LogP contribution in [-0.2, 0) is 0 Å². The van der Waals surface area contributed by atoms with Crippen molar-refractivity contribution in [2.24, 2.45) is 0 Å². The molecule has 1 unspecified atom stereocenters. The summed E-state index contributed by atoms with van der Waals surface area (Å²) >= 11 is 0. The Bertz CT molecular complexity index is 75.7. The van der Waals surface area contributed by atoms with Crippen molar-refractivity contribution in [3.63, 3.8) is 0 Å². The van der Waals surface area contributed by atoms with E-state index < -0.39 is 0 Å². The molecule has 0 rings (SSSR count). The summed E-state index contributed by atoms with van der Waals surface area (Å²) in [5.41, 5.74) is 0. The molecule has 0 heterocycles. The van der Waals surface area contributed by atoms with Gasteiger partial charge in [-0.15, -0.1) is 0 Å². The molecule has 1 nitrogen and oxygen atoms in total. The molecule has 0 radical (unpaired) electrons. The molecule has 2 heteroatoms. The highest BCUT2D eigenvalue weighted by Gasteiger charge is 2.08. The molecule has 0 aromatic carbocycles. The van der Waals surface area contributed by atoms with Crippen molar-refractivity contribution in [2.75, 3.05) is 19.8 Å². The van der Waals surface area contributed by atoms with E-state index in [1.807, 2.05) is 6.92 Å². The molecule has 0 aliphatic heterocycles. The molecule has 0 aromatic rings. The van der Waals surface area contributed by atoms with Gasteiger partial charge < -0.3 is 0 Å². The van der Waals surface area contributed by atoms with Gasteiger partial charge in [0.2, 0.25) is 0 Å². The number of rotatable bonds is 5. The topological polar surface area (TPSA) is 3.24 Å². The van der Waals surface area contributed by atoms with Crippen molar-refractivity contribution < 1.29 is 4.39 Å². The number of hydrogen-bond donors (Lipinski definition) is 0. The largest absolute Gasteiger partial charge is 0.298 e. The SMILES string of the molecule is CCCN(CC)C(C)CF. The second-order valence-corrected chi connectivity index (χ2v) is 2.63. The zero-order chi connectivity index (χ0) is 7.98. The van der Waals surface area contributed by atoms with Gasteiger partial charge in [0.15, 0.2) is 0 Å². The van der Waals surface area contributed by atoms with Gasteiger partial charge in [0.25, 0.3) is 0 Å². The van der Waals surface area contributed by atoms with Crippen LogP contribution in [0.2, 0.25) is 0 Å². The van der Waals surface area contributed by atoms with Gasteiger partial charge in [-0.3, -0.25) is 4.90 Å². The summed E-state index contributed by atoms with van der Waals surface area (Å²) in [6.07, 6.45) is 1.11. The third-order valence-corrected chi connectivity index (χ3v) is 1.76. The first kappa shape index (κ1) is 9.89. The predicted molar refractivity (Wildman–Crippen MR) is 43.0 cm³/mol. The van der Waals surface area contributed by atoms with Gasteiger partial charge in [-0.1, -0.05) is 13.8 Å². The molecule has 0 saturated heterocycles. The fourth-order valence-electron chi connectivity index (χ4n) is 1.07. The first-order valence-electron chi connectivity index (χ1n) is 4.06. The molecule has 0 fully saturated rings. The van der Waals surface area contributed by atoms with Gasteiger partial charge in [0, 0.05) is 6.04 Å². The minimum absolute atomic E-state index is 0.102. The summed E-state index contributed by atoms with van der Waals surface area (Å²) in [5.74, 6) is 0. The Labute approximate surface area is 63.2 Å². The lowest BCUT2D eigenvalue weighted by Gasteiger charge is -2.24. The second-order valence-electron chi connectivity index (χ2n) is 2.63. The molecule has 0 aromatic heterocycles. The van der Waals surface area contributed by atoms with Gasteiger partial charge in [0.05, 0.1) is 0 Å². The van der Waals surface area contributed by atoms with Crippen molar-refractivity contribution in [1.82, 2.24) is 4.90 Å². The van der Waals surface area contributed by atoms with E-state index in [-0.39, 0.29) is 12.7 Å². The van der Waals surface area contributed by atoms with Crippen LogP contribution in [0.25, 0.3) is 0 Å². The zero-order valence-electron chi connectivity index (χ0n) is 7.23. The lowest BCUT2D eigenvalue weighted by molar-refractivity contribution is 0.187. The smallest absolute Gasteiger partial charge is 0.105 e. The lowest BCUT2D eigenvalue weighted by Crippen LogP contribution is -2.34. The third kappa shape index (κ3) is 3.16. The molecule has 10 heavy (non-hydrogen) atoms. The van der Waals surface area contributed by atoms with Crippen molar-refractivity contribution >= 4 is 0 Å². The third-order valence-electron chi connectivity index (χ3n) is 1.76. The Hall–Kier alpha value is -0.110. The first-order chi connectivity index (χ1) is 4.76. The number of halogens is 1. The van der Waals surface area contributed by atoms with Crippen LogP contribution in [0, 0.1) is 0 Å². The maximum atomic E-state index is 12.1. The number of hydrogen-bond acceptors (Lipinski definition) is 1. The molecule has 1 atom stereocenters. The van der Waals surface area contributed by atoms with Crippen molar-refractivity contribution in [1.29, 1.82) is 0 Å².